The molecule has 8 heteroatoms. The van der Waals surface area contributed by atoms with Gasteiger partial charge in [0.2, 0.25) is 0 Å². The third-order valence-electron chi connectivity index (χ3n) is 3.40. The molecule has 0 radical (unpaired) electrons. The molecule has 0 saturated heterocycles. The number of carbonyl (C=O) groups is 3. The van der Waals surface area contributed by atoms with Crippen molar-refractivity contribution in [2.24, 2.45) is 5.92 Å². The van der Waals surface area contributed by atoms with Gasteiger partial charge in [-0.1, -0.05) is 13.8 Å². The predicted octanol–water partition coefficient (Wildman–Crippen LogP) is 2.35. The fourth-order valence-electron chi connectivity index (χ4n) is 2.38. The Balaban J connectivity index is 2.28. The van der Waals surface area contributed by atoms with E-state index in [1.165, 1.54) is 4.90 Å². The zero-order valence-electron chi connectivity index (χ0n) is 13.5. The number of carbonyl (C=O) groups excluding carboxylic acids is 2. The Hall–Kier alpha value is -2.09. The summed E-state index contributed by atoms with van der Waals surface area (Å²) in [5.41, 5.74) is 0.867. The van der Waals surface area contributed by atoms with Gasteiger partial charge >= 0.3 is 5.97 Å². The number of benzene rings is 1. The first-order valence-corrected chi connectivity index (χ1v) is 8.34. The van der Waals surface area contributed by atoms with Crippen LogP contribution >= 0.6 is 15.9 Å². The molecular formula is C16H19BrN2O5. The molecule has 0 spiro atoms. The Bertz CT molecular complexity index is 675. The number of ether oxygens (including phenoxy) is 1. The van der Waals surface area contributed by atoms with Gasteiger partial charge in [0.1, 0.15) is 5.75 Å². The number of nitrogens with one attached hydrogen (secondary N) is 1. The van der Waals surface area contributed by atoms with Crippen LogP contribution in [0.5, 0.6) is 5.75 Å². The zero-order valence-corrected chi connectivity index (χ0v) is 15.1. The SMILES string of the molecule is CC(C)CN(CCC(=O)O)C(=O)c1cc2c(cc1Br)NC(=O)CO2. The summed E-state index contributed by atoms with van der Waals surface area (Å²) in [5, 5.41) is 11.6. The molecule has 1 aliphatic rings. The number of aliphatic carboxylic acids is 1. The van der Waals surface area contributed by atoms with Gasteiger partial charge in [0, 0.05) is 17.6 Å². The van der Waals surface area contributed by atoms with Crippen LogP contribution in [-0.2, 0) is 9.59 Å². The fraction of sp³-hybridized carbons (Fsp3) is 0.438. The normalized spacial score (nSPS) is 13.1. The minimum atomic E-state index is -0.952. The molecule has 2 rings (SSSR count). The van der Waals surface area contributed by atoms with Crippen molar-refractivity contribution >= 4 is 39.4 Å². The number of hydrogen-bond donors (Lipinski definition) is 2. The summed E-state index contributed by atoms with van der Waals surface area (Å²) < 4.78 is 5.86. The lowest BCUT2D eigenvalue weighted by Crippen LogP contribution is -2.36. The highest BCUT2D eigenvalue weighted by atomic mass is 79.9. The van der Waals surface area contributed by atoms with Gasteiger partial charge in [0.25, 0.3) is 11.8 Å². The lowest BCUT2D eigenvalue weighted by atomic mass is 10.1. The summed E-state index contributed by atoms with van der Waals surface area (Å²) in [7, 11) is 0. The summed E-state index contributed by atoms with van der Waals surface area (Å²) in [5.74, 6) is -0.859. The second-order valence-corrected chi connectivity index (χ2v) is 6.81. The molecular weight excluding hydrogens is 380 g/mol. The third kappa shape index (κ3) is 4.47. The molecule has 1 aliphatic heterocycles. The highest BCUT2D eigenvalue weighted by Gasteiger charge is 2.24. The molecule has 0 aliphatic carbocycles. The molecule has 130 valence electrons. The van der Waals surface area contributed by atoms with E-state index in [2.05, 4.69) is 21.2 Å². The molecule has 0 atom stereocenters. The number of rotatable bonds is 6. The van der Waals surface area contributed by atoms with Gasteiger partial charge in [-0.25, -0.2) is 0 Å². The van der Waals surface area contributed by atoms with Crippen LogP contribution in [-0.4, -0.2) is 47.5 Å². The van der Waals surface area contributed by atoms with Crippen LogP contribution in [0, 0.1) is 5.92 Å². The predicted molar refractivity (Wildman–Crippen MR) is 91.3 cm³/mol. The van der Waals surface area contributed by atoms with Gasteiger partial charge in [-0.3, -0.25) is 14.4 Å². The van der Waals surface area contributed by atoms with E-state index in [1.807, 2.05) is 13.8 Å². The van der Waals surface area contributed by atoms with Crippen LogP contribution in [0.15, 0.2) is 16.6 Å². The average Bonchev–Trinajstić information content (AvgIpc) is 2.49. The standard InChI is InChI=1S/C16H19BrN2O5/c1-9(2)7-19(4-3-15(21)22)16(23)10-5-13-12(6-11(10)17)18-14(20)8-24-13/h5-6,9H,3-4,7-8H2,1-2H3,(H,18,20)(H,21,22). The van der Waals surface area contributed by atoms with Crippen molar-refractivity contribution in [2.75, 3.05) is 25.0 Å². The number of halogens is 1. The molecule has 0 aromatic heterocycles. The first kappa shape index (κ1) is 18.3. The van der Waals surface area contributed by atoms with E-state index >= 15 is 0 Å². The van der Waals surface area contributed by atoms with Gasteiger partial charge in [-0.15, -0.1) is 0 Å². The van der Waals surface area contributed by atoms with Crippen LogP contribution in [0.1, 0.15) is 30.6 Å². The smallest absolute Gasteiger partial charge is 0.305 e. The lowest BCUT2D eigenvalue weighted by molar-refractivity contribution is -0.137. The maximum Gasteiger partial charge on any atom is 0.305 e. The lowest BCUT2D eigenvalue weighted by Gasteiger charge is -2.26. The topological polar surface area (TPSA) is 95.9 Å². The maximum atomic E-state index is 12.8. The van der Waals surface area contributed by atoms with E-state index in [4.69, 9.17) is 9.84 Å². The third-order valence-corrected chi connectivity index (χ3v) is 4.06. The number of hydrogen-bond acceptors (Lipinski definition) is 4. The van der Waals surface area contributed by atoms with Gasteiger partial charge in [-0.2, -0.15) is 0 Å². The van der Waals surface area contributed by atoms with Crippen molar-refractivity contribution in [1.29, 1.82) is 0 Å². The monoisotopic (exact) mass is 398 g/mol. The minimum absolute atomic E-state index is 0.100. The second kappa shape index (κ2) is 7.65. The summed E-state index contributed by atoms with van der Waals surface area (Å²) in [4.78, 5) is 36.5. The zero-order chi connectivity index (χ0) is 17.9. The van der Waals surface area contributed by atoms with Crippen molar-refractivity contribution in [3.8, 4) is 5.75 Å². The summed E-state index contributed by atoms with van der Waals surface area (Å²) >= 11 is 3.34. The average molecular weight is 399 g/mol. The summed E-state index contributed by atoms with van der Waals surface area (Å²) in [6, 6.07) is 3.18. The molecule has 0 bridgehead atoms. The molecule has 0 fully saturated rings. The first-order valence-electron chi connectivity index (χ1n) is 7.55. The molecule has 0 saturated carbocycles. The van der Waals surface area contributed by atoms with Crippen molar-refractivity contribution in [2.45, 2.75) is 20.3 Å². The second-order valence-electron chi connectivity index (χ2n) is 5.95. The van der Waals surface area contributed by atoms with Crippen molar-refractivity contribution in [1.82, 2.24) is 4.90 Å². The van der Waals surface area contributed by atoms with Crippen LogP contribution in [0.25, 0.3) is 0 Å². The maximum absolute atomic E-state index is 12.8. The number of anilines is 1. The highest BCUT2D eigenvalue weighted by Crippen LogP contribution is 2.34. The van der Waals surface area contributed by atoms with Crippen molar-refractivity contribution in [3.05, 3.63) is 22.2 Å². The molecule has 0 unspecified atom stereocenters. The first-order chi connectivity index (χ1) is 11.3. The fourth-order valence-corrected chi connectivity index (χ4v) is 2.89. The van der Waals surface area contributed by atoms with E-state index in [0.29, 0.717) is 28.0 Å². The minimum Gasteiger partial charge on any atom is -0.482 e. The van der Waals surface area contributed by atoms with E-state index < -0.39 is 5.97 Å². The molecule has 1 heterocycles. The van der Waals surface area contributed by atoms with Gasteiger partial charge in [0.05, 0.1) is 17.7 Å². The Kier molecular flexibility index (Phi) is 5.82. The quantitative estimate of drug-likeness (QED) is 0.766. The number of amides is 2. The van der Waals surface area contributed by atoms with E-state index in [1.54, 1.807) is 12.1 Å². The Morgan fingerprint density at radius 3 is 2.75 bits per heavy atom. The summed E-state index contributed by atoms with van der Waals surface area (Å²) in [6.07, 6.45) is -0.117. The number of carboxylic acids is 1. The Morgan fingerprint density at radius 2 is 2.12 bits per heavy atom. The molecule has 2 N–H and O–H groups in total. The highest BCUT2D eigenvalue weighted by molar-refractivity contribution is 9.10. The number of fused-ring (bicyclic) bond motifs is 1. The van der Waals surface area contributed by atoms with Crippen molar-refractivity contribution < 1.29 is 24.2 Å². The van der Waals surface area contributed by atoms with E-state index in [9.17, 15) is 14.4 Å². The summed E-state index contributed by atoms with van der Waals surface area (Å²) in [6.45, 7) is 4.40. The molecule has 1 aromatic rings. The number of carboxylic acid groups (broad SMARTS) is 1. The van der Waals surface area contributed by atoms with E-state index in [0.717, 1.165) is 0 Å². The Morgan fingerprint density at radius 1 is 1.42 bits per heavy atom. The molecule has 2 amide bonds. The van der Waals surface area contributed by atoms with Crippen LogP contribution in [0.3, 0.4) is 0 Å². The largest absolute Gasteiger partial charge is 0.482 e. The molecule has 1 aromatic carbocycles. The number of nitrogens with zero attached hydrogens (tertiary/aromatic N) is 1. The van der Waals surface area contributed by atoms with Crippen molar-refractivity contribution in [3.63, 3.8) is 0 Å². The van der Waals surface area contributed by atoms with Gasteiger partial charge in [0.15, 0.2) is 6.61 Å². The van der Waals surface area contributed by atoms with E-state index in [-0.39, 0.29) is 37.3 Å². The van der Waals surface area contributed by atoms with Crippen LogP contribution in [0.2, 0.25) is 0 Å². The Labute approximate surface area is 148 Å². The van der Waals surface area contributed by atoms with Gasteiger partial charge in [-0.05, 0) is 34.0 Å². The molecule has 7 nitrogen and oxygen atoms in total. The molecule has 24 heavy (non-hydrogen) atoms. The van der Waals surface area contributed by atoms with Gasteiger partial charge < -0.3 is 20.1 Å². The van der Waals surface area contributed by atoms with Crippen LogP contribution < -0.4 is 10.1 Å². The van der Waals surface area contributed by atoms with Crippen LogP contribution in [0.4, 0.5) is 5.69 Å².